The standard InChI is InChI=1S/C22H18FN3O3S/c1-3-29-21(28)18-13(2)25-22-26(19(18)15-5-4-6-16(23)12-15)20(27)17(30-22)11-14-7-9-24-10-8-14/h4-12,19H,3H2,1-2H3/b17-11-. The Morgan fingerprint density at radius 3 is 2.77 bits per heavy atom. The lowest BCUT2D eigenvalue weighted by Crippen LogP contribution is -2.40. The van der Waals surface area contributed by atoms with E-state index in [1.165, 1.54) is 28.0 Å². The molecule has 0 radical (unpaired) electrons. The molecule has 0 amide bonds. The zero-order valence-corrected chi connectivity index (χ0v) is 17.1. The maximum Gasteiger partial charge on any atom is 0.338 e. The van der Waals surface area contributed by atoms with Gasteiger partial charge in [-0.15, -0.1) is 0 Å². The van der Waals surface area contributed by atoms with Gasteiger partial charge in [0.15, 0.2) is 4.80 Å². The van der Waals surface area contributed by atoms with Crippen molar-refractivity contribution in [1.82, 2.24) is 9.55 Å². The summed E-state index contributed by atoms with van der Waals surface area (Å²) in [5.74, 6) is -1.03. The van der Waals surface area contributed by atoms with Gasteiger partial charge >= 0.3 is 5.97 Å². The van der Waals surface area contributed by atoms with E-state index >= 15 is 0 Å². The van der Waals surface area contributed by atoms with Gasteiger partial charge in [0.05, 0.1) is 28.5 Å². The molecule has 0 saturated heterocycles. The predicted molar refractivity (Wildman–Crippen MR) is 111 cm³/mol. The molecule has 4 rings (SSSR count). The number of rotatable bonds is 4. The highest BCUT2D eigenvalue weighted by molar-refractivity contribution is 7.07. The normalized spacial score (nSPS) is 16.2. The summed E-state index contributed by atoms with van der Waals surface area (Å²) < 4.78 is 21.1. The van der Waals surface area contributed by atoms with Crippen LogP contribution in [-0.4, -0.2) is 22.1 Å². The Labute approximate surface area is 175 Å². The van der Waals surface area contributed by atoms with Crippen LogP contribution < -0.4 is 14.9 Å². The molecule has 0 saturated carbocycles. The van der Waals surface area contributed by atoms with Gasteiger partial charge in [0.2, 0.25) is 0 Å². The van der Waals surface area contributed by atoms with E-state index in [4.69, 9.17) is 4.74 Å². The number of halogens is 1. The third kappa shape index (κ3) is 3.61. The van der Waals surface area contributed by atoms with Gasteiger partial charge in [-0.1, -0.05) is 23.5 Å². The summed E-state index contributed by atoms with van der Waals surface area (Å²) >= 11 is 1.22. The van der Waals surface area contributed by atoms with Crippen molar-refractivity contribution in [2.75, 3.05) is 6.61 Å². The average Bonchev–Trinajstić information content (AvgIpc) is 3.02. The lowest BCUT2D eigenvalue weighted by Gasteiger charge is -2.24. The second kappa shape index (κ2) is 8.16. The van der Waals surface area contributed by atoms with Crippen LogP contribution in [0.1, 0.15) is 31.0 Å². The smallest absolute Gasteiger partial charge is 0.338 e. The minimum Gasteiger partial charge on any atom is -0.463 e. The Kier molecular flexibility index (Phi) is 5.41. The summed E-state index contributed by atoms with van der Waals surface area (Å²) in [6.45, 7) is 3.57. The van der Waals surface area contributed by atoms with E-state index in [9.17, 15) is 14.0 Å². The van der Waals surface area contributed by atoms with Gasteiger partial charge in [0.1, 0.15) is 5.82 Å². The molecule has 6 nitrogen and oxygen atoms in total. The van der Waals surface area contributed by atoms with Crippen molar-refractivity contribution >= 4 is 23.4 Å². The number of nitrogens with zero attached hydrogens (tertiary/aromatic N) is 3. The minimum absolute atomic E-state index is 0.179. The van der Waals surface area contributed by atoms with Crippen molar-refractivity contribution < 1.29 is 13.9 Å². The number of hydrogen-bond donors (Lipinski definition) is 0. The van der Waals surface area contributed by atoms with Crippen molar-refractivity contribution in [2.24, 2.45) is 4.99 Å². The number of carbonyl (C=O) groups excluding carboxylic acids is 1. The molecule has 0 N–H and O–H groups in total. The van der Waals surface area contributed by atoms with Crippen LogP contribution in [0.4, 0.5) is 4.39 Å². The number of benzene rings is 1. The molecule has 1 aliphatic heterocycles. The molecular formula is C22H18FN3O3S. The molecule has 0 aliphatic carbocycles. The Bertz CT molecular complexity index is 1330. The molecular weight excluding hydrogens is 405 g/mol. The summed E-state index contributed by atoms with van der Waals surface area (Å²) in [5.41, 5.74) is 1.66. The van der Waals surface area contributed by atoms with Crippen LogP contribution in [0.15, 0.2) is 69.8 Å². The van der Waals surface area contributed by atoms with Gasteiger partial charge in [-0.25, -0.2) is 14.2 Å². The van der Waals surface area contributed by atoms with Crippen molar-refractivity contribution in [3.05, 3.63) is 96.7 Å². The van der Waals surface area contributed by atoms with Crippen molar-refractivity contribution in [3.63, 3.8) is 0 Å². The van der Waals surface area contributed by atoms with Gasteiger partial charge < -0.3 is 4.74 Å². The SMILES string of the molecule is CCOC(=O)C1=C(C)N=c2s/c(=C\c3ccncc3)c(=O)n2C1c1cccc(F)c1. The second-order valence-corrected chi connectivity index (χ2v) is 7.65. The molecule has 30 heavy (non-hydrogen) atoms. The Morgan fingerprint density at radius 1 is 1.30 bits per heavy atom. The molecule has 2 aromatic heterocycles. The number of hydrogen-bond acceptors (Lipinski definition) is 6. The molecule has 8 heteroatoms. The fourth-order valence-electron chi connectivity index (χ4n) is 3.39. The fourth-order valence-corrected chi connectivity index (χ4v) is 4.44. The first kappa shape index (κ1) is 19.9. The number of pyridine rings is 1. The molecule has 152 valence electrons. The minimum atomic E-state index is -0.824. The molecule has 3 heterocycles. The van der Waals surface area contributed by atoms with Gasteiger partial charge in [0, 0.05) is 12.4 Å². The van der Waals surface area contributed by atoms with Gasteiger partial charge in [0.25, 0.3) is 5.56 Å². The molecule has 0 bridgehead atoms. The van der Waals surface area contributed by atoms with E-state index in [2.05, 4.69) is 9.98 Å². The zero-order chi connectivity index (χ0) is 21.3. The number of thiazole rings is 1. The van der Waals surface area contributed by atoms with Gasteiger partial charge in [-0.05, 0) is 55.3 Å². The first-order valence-corrected chi connectivity index (χ1v) is 10.2. The van der Waals surface area contributed by atoms with Crippen molar-refractivity contribution in [3.8, 4) is 0 Å². The first-order valence-electron chi connectivity index (χ1n) is 9.34. The number of aromatic nitrogens is 2. The monoisotopic (exact) mass is 423 g/mol. The molecule has 1 unspecified atom stereocenters. The van der Waals surface area contributed by atoms with E-state index in [1.807, 2.05) is 0 Å². The Balaban J connectivity index is 1.98. The predicted octanol–water partition coefficient (Wildman–Crippen LogP) is 2.33. The zero-order valence-electron chi connectivity index (χ0n) is 16.3. The van der Waals surface area contributed by atoms with E-state index < -0.39 is 17.8 Å². The largest absolute Gasteiger partial charge is 0.463 e. The molecule has 1 aromatic carbocycles. The highest BCUT2D eigenvalue weighted by Gasteiger charge is 2.33. The van der Waals surface area contributed by atoms with Crippen LogP contribution in [-0.2, 0) is 9.53 Å². The summed E-state index contributed by atoms with van der Waals surface area (Å²) in [5, 5.41) is 0. The Hall–Kier alpha value is -3.39. The van der Waals surface area contributed by atoms with Crippen molar-refractivity contribution in [1.29, 1.82) is 0 Å². The maximum atomic E-state index is 14.0. The molecule has 1 atom stereocenters. The van der Waals surface area contributed by atoms with E-state index in [0.717, 1.165) is 5.56 Å². The first-order chi connectivity index (χ1) is 14.5. The topological polar surface area (TPSA) is 73.6 Å². The van der Waals surface area contributed by atoms with Crippen LogP contribution in [0, 0.1) is 5.82 Å². The number of allylic oxidation sites excluding steroid dienone is 1. The third-order valence-electron chi connectivity index (χ3n) is 4.69. The van der Waals surface area contributed by atoms with Crippen molar-refractivity contribution in [2.45, 2.75) is 19.9 Å². The quantitative estimate of drug-likeness (QED) is 0.604. The molecule has 1 aliphatic rings. The van der Waals surface area contributed by atoms with Crippen LogP contribution in [0.2, 0.25) is 0 Å². The lowest BCUT2D eigenvalue weighted by molar-refractivity contribution is -0.139. The highest BCUT2D eigenvalue weighted by atomic mass is 32.1. The molecule has 3 aromatic rings. The number of ether oxygens (including phenoxy) is 1. The summed E-state index contributed by atoms with van der Waals surface area (Å²) in [6, 6.07) is 8.63. The number of esters is 1. The molecule has 0 spiro atoms. The van der Waals surface area contributed by atoms with E-state index in [1.54, 1.807) is 56.6 Å². The second-order valence-electron chi connectivity index (χ2n) is 6.64. The Morgan fingerprint density at radius 2 is 2.07 bits per heavy atom. The van der Waals surface area contributed by atoms with Gasteiger partial charge in [-0.2, -0.15) is 0 Å². The fraction of sp³-hybridized carbons (Fsp3) is 0.182. The third-order valence-corrected chi connectivity index (χ3v) is 5.67. The summed E-state index contributed by atoms with van der Waals surface area (Å²) in [7, 11) is 0. The maximum absolute atomic E-state index is 14.0. The van der Waals surface area contributed by atoms with Crippen LogP contribution in [0.25, 0.3) is 6.08 Å². The van der Waals surface area contributed by atoms with Crippen LogP contribution >= 0.6 is 11.3 Å². The summed E-state index contributed by atoms with van der Waals surface area (Å²) in [4.78, 5) is 35.0. The van der Waals surface area contributed by atoms with Crippen LogP contribution in [0.5, 0.6) is 0 Å². The van der Waals surface area contributed by atoms with Gasteiger partial charge in [-0.3, -0.25) is 14.3 Å². The number of carbonyl (C=O) groups is 1. The summed E-state index contributed by atoms with van der Waals surface area (Å²) in [6.07, 6.45) is 5.03. The molecule has 0 fully saturated rings. The van der Waals surface area contributed by atoms with E-state index in [-0.39, 0.29) is 17.7 Å². The average molecular weight is 423 g/mol. The van der Waals surface area contributed by atoms with Crippen LogP contribution in [0.3, 0.4) is 0 Å². The lowest BCUT2D eigenvalue weighted by atomic mass is 9.96. The highest BCUT2D eigenvalue weighted by Crippen LogP contribution is 2.30. The van der Waals surface area contributed by atoms with E-state index in [0.29, 0.717) is 20.6 Å². The number of fused-ring (bicyclic) bond motifs is 1.